The number of nitro groups is 1. The van der Waals surface area contributed by atoms with Gasteiger partial charge < -0.3 is 10.1 Å². The van der Waals surface area contributed by atoms with Gasteiger partial charge in [0.1, 0.15) is 5.69 Å². The fraction of sp³-hybridized carbons (Fsp3) is 0.500. The number of benzene rings is 1. The van der Waals surface area contributed by atoms with E-state index in [9.17, 15) is 14.5 Å². The van der Waals surface area contributed by atoms with Crippen molar-refractivity contribution in [1.82, 2.24) is 0 Å². The maximum Gasteiger partial charge on any atom is 0.327 e. The van der Waals surface area contributed by atoms with E-state index in [1.54, 1.807) is 0 Å². The molecule has 0 bridgehead atoms. The molecule has 0 aliphatic carbocycles. The molecule has 5 nitrogen and oxygen atoms in total. The third kappa shape index (κ3) is 2.95. The van der Waals surface area contributed by atoms with E-state index in [0.717, 1.165) is 31.9 Å². The van der Waals surface area contributed by atoms with Gasteiger partial charge in [0, 0.05) is 13.2 Å². The van der Waals surface area contributed by atoms with Crippen molar-refractivity contribution in [3.8, 4) is 0 Å². The minimum absolute atomic E-state index is 0.0432. The highest BCUT2D eigenvalue weighted by Gasteiger charge is 2.21. The summed E-state index contributed by atoms with van der Waals surface area (Å²) >= 11 is 0. The maximum absolute atomic E-state index is 13.4. The SMILES string of the molecule is O=[N+]([O-])c1c(F)cccc1NCC1CCCCO1. The third-order valence-corrected chi connectivity index (χ3v) is 2.96. The van der Waals surface area contributed by atoms with E-state index in [1.807, 2.05) is 0 Å². The molecule has 6 heteroatoms. The Hall–Kier alpha value is -1.69. The molecule has 0 aromatic heterocycles. The highest BCUT2D eigenvalue weighted by molar-refractivity contribution is 5.61. The van der Waals surface area contributed by atoms with Crippen LogP contribution in [-0.2, 0) is 4.74 Å². The quantitative estimate of drug-likeness (QED) is 0.662. The minimum atomic E-state index is -0.824. The zero-order valence-electron chi connectivity index (χ0n) is 9.89. The van der Waals surface area contributed by atoms with Gasteiger partial charge in [0.15, 0.2) is 0 Å². The van der Waals surface area contributed by atoms with Crippen molar-refractivity contribution in [2.24, 2.45) is 0 Å². The average molecular weight is 254 g/mol. The van der Waals surface area contributed by atoms with Gasteiger partial charge in [-0.25, -0.2) is 0 Å². The van der Waals surface area contributed by atoms with E-state index in [2.05, 4.69) is 5.32 Å². The molecule has 1 atom stereocenters. The summed E-state index contributed by atoms with van der Waals surface area (Å²) in [5.41, 5.74) is -0.303. The van der Waals surface area contributed by atoms with Crippen LogP contribution in [0.15, 0.2) is 18.2 Å². The normalized spacial score (nSPS) is 19.5. The van der Waals surface area contributed by atoms with Gasteiger partial charge in [-0.05, 0) is 31.4 Å². The van der Waals surface area contributed by atoms with Crippen LogP contribution in [0, 0.1) is 15.9 Å². The van der Waals surface area contributed by atoms with E-state index in [-0.39, 0.29) is 11.8 Å². The van der Waals surface area contributed by atoms with Crippen molar-refractivity contribution in [2.45, 2.75) is 25.4 Å². The number of nitro benzene ring substituents is 1. The Balaban J connectivity index is 2.04. The van der Waals surface area contributed by atoms with Gasteiger partial charge in [0.25, 0.3) is 0 Å². The third-order valence-electron chi connectivity index (χ3n) is 2.96. The Morgan fingerprint density at radius 2 is 2.33 bits per heavy atom. The van der Waals surface area contributed by atoms with Gasteiger partial charge in [-0.3, -0.25) is 10.1 Å². The average Bonchev–Trinajstić information content (AvgIpc) is 2.37. The summed E-state index contributed by atoms with van der Waals surface area (Å²) in [6, 6.07) is 4.04. The second kappa shape index (κ2) is 5.77. The number of anilines is 1. The zero-order valence-corrected chi connectivity index (χ0v) is 9.89. The first-order valence-corrected chi connectivity index (χ1v) is 5.97. The number of ether oxygens (including phenoxy) is 1. The number of para-hydroxylation sites is 1. The number of hydrogen-bond acceptors (Lipinski definition) is 4. The summed E-state index contributed by atoms with van der Waals surface area (Å²) in [6.07, 6.45) is 3.12. The summed E-state index contributed by atoms with van der Waals surface area (Å²) < 4.78 is 18.9. The number of rotatable bonds is 4. The first-order valence-electron chi connectivity index (χ1n) is 5.97. The van der Waals surface area contributed by atoms with Gasteiger partial charge in [0.05, 0.1) is 11.0 Å². The van der Waals surface area contributed by atoms with E-state index < -0.39 is 16.4 Å². The lowest BCUT2D eigenvalue weighted by atomic mass is 10.1. The second-order valence-corrected chi connectivity index (χ2v) is 4.26. The molecule has 2 rings (SSSR count). The topological polar surface area (TPSA) is 64.4 Å². The smallest absolute Gasteiger partial charge is 0.327 e. The Kier molecular flexibility index (Phi) is 4.09. The van der Waals surface area contributed by atoms with Crippen molar-refractivity contribution in [3.63, 3.8) is 0 Å². The summed E-state index contributed by atoms with van der Waals surface area (Å²) in [5.74, 6) is -0.824. The Bertz CT molecular complexity index is 433. The molecule has 0 spiro atoms. The van der Waals surface area contributed by atoms with Gasteiger partial charge in [-0.1, -0.05) is 6.07 Å². The highest BCUT2D eigenvalue weighted by atomic mass is 19.1. The van der Waals surface area contributed by atoms with Crippen LogP contribution < -0.4 is 5.32 Å². The highest BCUT2D eigenvalue weighted by Crippen LogP contribution is 2.27. The fourth-order valence-corrected chi connectivity index (χ4v) is 2.04. The molecular weight excluding hydrogens is 239 g/mol. The summed E-state index contributed by atoms with van der Waals surface area (Å²) in [7, 11) is 0. The van der Waals surface area contributed by atoms with Crippen LogP contribution in [-0.4, -0.2) is 24.2 Å². The first-order chi connectivity index (χ1) is 8.68. The van der Waals surface area contributed by atoms with E-state index >= 15 is 0 Å². The van der Waals surface area contributed by atoms with Crippen LogP contribution in [0.4, 0.5) is 15.8 Å². The standard InChI is InChI=1S/C12H15FN2O3/c13-10-5-3-6-11(12(10)15(16)17)14-8-9-4-1-2-7-18-9/h3,5-6,9,14H,1-2,4,7-8H2. The molecule has 0 radical (unpaired) electrons. The lowest BCUT2D eigenvalue weighted by Gasteiger charge is -2.23. The van der Waals surface area contributed by atoms with Crippen LogP contribution in [0.1, 0.15) is 19.3 Å². The van der Waals surface area contributed by atoms with Gasteiger partial charge >= 0.3 is 5.69 Å². The van der Waals surface area contributed by atoms with E-state index in [4.69, 9.17) is 4.74 Å². The predicted molar refractivity (Wildman–Crippen MR) is 65.1 cm³/mol. The molecule has 0 amide bonds. The van der Waals surface area contributed by atoms with Crippen LogP contribution in [0.3, 0.4) is 0 Å². The summed E-state index contributed by atoms with van der Waals surface area (Å²) in [6.45, 7) is 1.18. The first kappa shape index (κ1) is 12.8. The Labute approximate surface area is 104 Å². The molecule has 0 saturated carbocycles. The number of halogens is 1. The number of hydrogen-bond donors (Lipinski definition) is 1. The molecule has 1 unspecified atom stereocenters. The van der Waals surface area contributed by atoms with Crippen molar-refractivity contribution in [2.75, 3.05) is 18.5 Å². The van der Waals surface area contributed by atoms with Crippen LogP contribution in [0.2, 0.25) is 0 Å². The van der Waals surface area contributed by atoms with Gasteiger partial charge in [0.2, 0.25) is 5.82 Å². The molecular formula is C12H15FN2O3. The zero-order chi connectivity index (χ0) is 13.0. The summed E-state index contributed by atoms with van der Waals surface area (Å²) in [4.78, 5) is 10.1. The molecule has 1 aliphatic heterocycles. The van der Waals surface area contributed by atoms with E-state index in [1.165, 1.54) is 12.1 Å². The largest absolute Gasteiger partial charge is 0.377 e. The van der Waals surface area contributed by atoms with E-state index in [0.29, 0.717) is 6.54 Å². The lowest BCUT2D eigenvalue weighted by molar-refractivity contribution is -0.386. The monoisotopic (exact) mass is 254 g/mol. The Morgan fingerprint density at radius 1 is 1.50 bits per heavy atom. The van der Waals surface area contributed by atoms with Crippen molar-refractivity contribution in [3.05, 3.63) is 34.1 Å². The molecule has 18 heavy (non-hydrogen) atoms. The second-order valence-electron chi connectivity index (χ2n) is 4.26. The number of nitrogens with one attached hydrogen (secondary N) is 1. The fourth-order valence-electron chi connectivity index (χ4n) is 2.04. The molecule has 1 aromatic carbocycles. The van der Waals surface area contributed by atoms with Crippen LogP contribution >= 0.6 is 0 Å². The molecule has 1 saturated heterocycles. The van der Waals surface area contributed by atoms with Crippen molar-refractivity contribution in [1.29, 1.82) is 0 Å². The minimum Gasteiger partial charge on any atom is -0.377 e. The summed E-state index contributed by atoms with van der Waals surface area (Å²) in [5, 5.41) is 13.7. The molecule has 1 aliphatic rings. The molecule has 1 aromatic rings. The van der Waals surface area contributed by atoms with Crippen LogP contribution in [0.5, 0.6) is 0 Å². The van der Waals surface area contributed by atoms with Gasteiger partial charge in [-0.2, -0.15) is 4.39 Å². The molecule has 1 fully saturated rings. The maximum atomic E-state index is 13.4. The number of nitrogens with zero attached hydrogens (tertiary/aromatic N) is 1. The van der Waals surface area contributed by atoms with Crippen molar-refractivity contribution < 1.29 is 14.1 Å². The molecule has 1 heterocycles. The van der Waals surface area contributed by atoms with Crippen LogP contribution in [0.25, 0.3) is 0 Å². The lowest BCUT2D eigenvalue weighted by Crippen LogP contribution is -2.27. The van der Waals surface area contributed by atoms with Crippen molar-refractivity contribution >= 4 is 11.4 Å². The Morgan fingerprint density at radius 3 is 3.00 bits per heavy atom. The molecule has 98 valence electrons. The predicted octanol–water partition coefficient (Wildman–Crippen LogP) is 2.71. The van der Waals surface area contributed by atoms with Gasteiger partial charge in [-0.15, -0.1) is 0 Å². The molecule has 1 N–H and O–H groups in total.